The molecule has 1 aromatic heterocycles. The van der Waals surface area contributed by atoms with Crippen molar-refractivity contribution in [2.75, 3.05) is 0 Å². The number of nitrogens with zero attached hydrogens (tertiary/aromatic N) is 2. The predicted molar refractivity (Wildman–Crippen MR) is 59.0 cm³/mol. The fourth-order valence-corrected chi connectivity index (χ4v) is 1.49. The summed E-state index contributed by atoms with van der Waals surface area (Å²) in [6, 6.07) is 5.92. The van der Waals surface area contributed by atoms with Crippen molar-refractivity contribution in [1.82, 2.24) is 9.55 Å². The third-order valence-corrected chi connectivity index (χ3v) is 2.28. The Morgan fingerprint density at radius 2 is 2.00 bits per heavy atom. The molecule has 1 aromatic carbocycles. The van der Waals surface area contributed by atoms with Crippen LogP contribution < -0.4 is 5.69 Å². The molecule has 16 heavy (non-hydrogen) atoms. The van der Waals surface area contributed by atoms with E-state index in [0.717, 1.165) is 5.56 Å². The Bertz CT molecular complexity index is 551. The number of aromatic nitrogens is 2. The van der Waals surface area contributed by atoms with E-state index in [9.17, 15) is 9.18 Å². The zero-order valence-electron chi connectivity index (χ0n) is 8.23. The maximum atomic E-state index is 12.7. The summed E-state index contributed by atoms with van der Waals surface area (Å²) in [7, 11) is 0. The summed E-state index contributed by atoms with van der Waals surface area (Å²) in [6.45, 7) is 0.326. The highest BCUT2D eigenvalue weighted by Crippen LogP contribution is 2.06. The van der Waals surface area contributed by atoms with E-state index in [4.69, 9.17) is 11.6 Å². The number of halogens is 2. The quantitative estimate of drug-likeness (QED) is 0.803. The van der Waals surface area contributed by atoms with Crippen LogP contribution in [0.4, 0.5) is 4.39 Å². The van der Waals surface area contributed by atoms with Gasteiger partial charge in [-0.15, -0.1) is 0 Å². The maximum absolute atomic E-state index is 12.7. The van der Waals surface area contributed by atoms with Gasteiger partial charge in [0.15, 0.2) is 0 Å². The highest BCUT2D eigenvalue weighted by molar-refractivity contribution is 6.30. The summed E-state index contributed by atoms with van der Waals surface area (Å²) < 4.78 is 14.0. The van der Waals surface area contributed by atoms with Crippen LogP contribution in [0.15, 0.2) is 41.5 Å². The van der Waals surface area contributed by atoms with Crippen molar-refractivity contribution in [1.29, 1.82) is 0 Å². The fraction of sp³-hybridized carbons (Fsp3) is 0.0909. The van der Waals surface area contributed by atoms with Crippen LogP contribution in [0.2, 0.25) is 5.02 Å². The van der Waals surface area contributed by atoms with E-state index in [1.54, 1.807) is 12.1 Å². The van der Waals surface area contributed by atoms with Gasteiger partial charge in [0.25, 0.3) is 0 Å². The van der Waals surface area contributed by atoms with Crippen molar-refractivity contribution < 1.29 is 4.39 Å². The van der Waals surface area contributed by atoms with Crippen molar-refractivity contribution in [2.45, 2.75) is 6.54 Å². The molecule has 0 radical (unpaired) electrons. The Hall–Kier alpha value is -1.68. The monoisotopic (exact) mass is 238 g/mol. The zero-order valence-corrected chi connectivity index (χ0v) is 8.99. The highest BCUT2D eigenvalue weighted by Gasteiger charge is 2.00. The van der Waals surface area contributed by atoms with Crippen LogP contribution in [0.25, 0.3) is 0 Å². The van der Waals surface area contributed by atoms with Gasteiger partial charge in [-0.1, -0.05) is 23.7 Å². The molecule has 0 spiro atoms. The van der Waals surface area contributed by atoms with E-state index in [1.807, 2.05) is 0 Å². The standard InChI is InChI=1S/C11H8ClFN2O/c12-9-5-14-11(16)15(7-9)6-8-1-3-10(13)4-2-8/h1-5,7H,6H2. The molecule has 0 bridgehead atoms. The molecule has 0 amide bonds. The Balaban J connectivity index is 2.30. The molecule has 82 valence electrons. The van der Waals surface area contributed by atoms with Crippen molar-refractivity contribution >= 4 is 11.6 Å². The van der Waals surface area contributed by atoms with Crippen LogP contribution in [0.1, 0.15) is 5.56 Å². The lowest BCUT2D eigenvalue weighted by Gasteiger charge is -2.04. The molecule has 0 saturated heterocycles. The number of rotatable bonds is 2. The summed E-state index contributed by atoms with van der Waals surface area (Å²) >= 11 is 5.73. The van der Waals surface area contributed by atoms with Gasteiger partial charge in [-0.25, -0.2) is 14.2 Å². The molecule has 0 saturated carbocycles. The van der Waals surface area contributed by atoms with E-state index in [1.165, 1.54) is 29.1 Å². The molecule has 0 atom stereocenters. The SMILES string of the molecule is O=c1ncc(Cl)cn1Cc1ccc(F)cc1. The first-order valence-electron chi connectivity index (χ1n) is 4.61. The molecule has 0 aliphatic heterocycles. The molecule has 0 aliphatic carbocycles. The van der Waals surface area contributed by atoms with Crippen LogP contribution in [0.5, 0.6) is 0 Å². The molecular formula is C11H8ClFN2O. The third-order valence-electron chi connectivity index (χ3n) is 2.09. The number of benzene rings is 1. The average molecular weight is 239 g/mol. The Kier molecular flexibility index (Phi) is 3.01. The number of hydrogen-bond donors (Lipinski definition) is 0. The molecule has 2 rings (SSSR count). The van der Waals surface area contributed by atoms with Crippen LogP contribution in [-0.2, 0) is 6.54 Å². The third kappa shape index (κ3) is 2.46. The van der Waals surface area contributed by atoms with Crippen LogP contribution in [0, 0.1) is 5.82 Å². The summed E-state index contributed by atoms with van der Waals surface area (Å²) in [5, 5.41) is 0.390. The van der Waals surface area contributed by atoms with E-state index in [0.29, 0.717) is 11.6 Å². The van der Waals surface area contributed by atoms with Gasteiger partial charge in [0.05, 0.1) is 17.8 Å². The summed E-state index contributed by atoms with van der Waals surface area (Å²) in [5.74, 6) is -0.305. The van der Waals surface area contributed by atoms with Crippen molar-refractivity contribution in [3.05, 3.63) is 63.5 Å². The second-order valence-corrected chi connectivity index (χ2v) is 3.75. The normalized spacial score (nSPS) is 10.4. The van der Waals surface area contributed by atoms with Gasteiger partial charge in [-0.2, -0.15) is 0 Å². The van der Waals surface area contributed by atoms with E-state index < -0.39 is 0 Å². The Morgan fingerprint density at radius 3 is 2.69 bits per heavy atom. The zero-order chi connectivity index (χ0) is 11.5. The summed E-state index contributed by atoms with van der Waals surface area (Å²) in [4.78, 5) is 15.0. The van der Waals surface area contributed by atoms with Gasteiger partial charge in [-0.3, -0.25) is 4.57 Å². The first-order valence-corrected chi connectivity index (χ1v) is 4.99. The highest BCUT2D eigenvalue weighted by atomic mass is 35.5. The molecule has 0 aliphatic rings. The van der Waals surface area contributed by atoms with Crippen LogP contribution in [0.3, 0.4) is 0 Å². The van der Waals surface area contributed by atoms with Gasteiger partial charge in [0, 0.05) is 6.20 Å². The molecule has 0 unspecified atom stereocenters. The smallest absolute Gasteiger partial charge is 0.293 e. The summed E-state index contributed by atoms with van der Waals surface area (Å²) in [6.07, 6.45) is 2.80. The van der Waals surface area contributed by atoms with Crippen molar-refractivity contribution in [3.8, 4) is 0 Å². The minimum Gasteiger partial charge on any atom is -0.293 e. The first-order chi connectivity index (χ1) is 7.65. The molecule has 5 heteroatoms. The average Bonchev–Trinajstić information content (AvgIpc) is 2.27. The second-order valence-electron chi connectivity index (χ2n) is 3.31. The molecule has 0 fully saturated rings. The topological polar surface area (TPSA) is 34.9 Å². The molecule has 0 N–H and O–H groups in total. The molecule has 1 heterocycles. The molecule has 2 aromatic rings. The van der Waals surface area contributed by atoms with Crippen LogP contribution >= 0.6 is 11.6 Å². The van der Waals surface area contributed by atoms with Gasteiger partial charge in [0.1, 0.15) is 5.82 Å². The molecular weight excluding hydrogens is 231 g/mol. The van der Waals surface area contributed by atoms with Crippen molar-refractivity contribution in [3.63, 3.8) is 0 Å². The minimum absolute atomic E-state index is 0.305. The fourth-order valence-electron chi connectivity index (χ4n) is 1.33. The Labute approximate surface area is 96.1 Å². The lowest BCUT2D eigenvalue weighted by atomic mass is 10.2. The van der Waals surface area contributed by atoms with Crippen molar-refractivity contribution in [2.24, 2.45) is 0 Å². The van der Waals surface area contributed by atoms with Gasteiger partial charge >= 0.3 is 5.69 Å². The second kappa shape index (κ2) is 4.45. The lowest BCUT2D eigenvalue weighted by molar-refractivity contribution is 0.625. The Morgan fingerprint density at radius 1 is 1.31 bits per heavy atom. The maximum Gasteiger partial charge on any atom is 0.347 e. The van der Waals surface area contributed by atoms with Crippen LogP contribution in [-0.4, -0.2) is 9.55 Å². The van der Waals surface area contributed by atoms with Gasteiger partial charge in [-0.05, 0) is 17.7 Å². The largest absolute Gasteiger partial charge is 0.347 e. The molecule has 3 nitrogen and oxygen atoms in total. The minimum atomic E-state index is -0.381. The van der Waals surface area contributed by atoms with E-state index in [2.05, 4.69) is 4.98 Å². The first kappa shape index (κ1) is 10.8. The predicted octanol–water partition coefficient (Wildman–Crippen LogP) is 2.08. The lowest BCUT2D eigenvalue weighted by Crippen LogP contribution is -2.22. The number of hydrogen-bond acceptors (Lipinski definition) is 2. The van der Waals surface area contributed by atoms with E-state index >= 15 is 0 Å². The van der Waals surface area contributed by atoms with Gasteiger partial charge < -0.3 is 0 Å². The van der Waals surface area contributed by atoms with E-state index in [-0.39, 0.29) is 11.5 Å². The van der Waals surface area contributed by atoms with Gasteiger partial charge in [0.2, 0.25) is 0 Å². The summed E-state index contributed by atoms with van der Waals surface area (Å²) in [5.41, 5.74) is 0.432.